The zero-order valence-electron chi connectivity index (χ0n) is 10.1. The summed E-state index contributed by atoms with van der Waals surface area (Å²) in [5.74, 6) is 0. The molecule has 0 aromatic carbocycles. The van der Waals surface area contributed by atoms with Crippen molar-refractivity contribution in [3.05, 3.63) is 24.5 Å². The quantitative estimate of drug-likeness (QED) is 0.300. The molecular weight excluding hydrogens is 184 g/mol. The minimum Gasteiger partial charge on any atom is -0.516 e. The Labute approximate surface area is 94.9 Å². The minimum absolute atomic E-state index is 1.01. The van der Waals surface area contributed by atoms with Crippen LogP contribution in [0.2, 0.25) is 0 Å². The smallest absolute Gasteiger partial charge is 0.0751 e. The lowest BCUT2D eigenvalue weighted by atomic mass is 10.1. The molecule has 88 valence electrons. The van der Waals surface area contributed by atoms with E-state index in [2.05, 4.69) is 19.1 Å². The summed E-state index contributed by atoms with van der Waals surface area (Å²) < 4.78 is 0. The Hall–Kier alpha value is -0.720. The Morgan fingerprint density at radius 2 is 1.27 bits per heavy atom. The molecule has 0 heterocycles. The average Bonchev–Trinajstić information content (AvgIpc) is 2.26. The van der Waals surface area contributed by atoms with Crippen molar-refractivity contribution in [2.24, 2.45) is 0 Å². The molecule has 15 heavy (non-hydrogen) atoms. The first-order valence-corrected chi connectivity index (χ1v) is 6.36. The monoisotopic (exact) mass is 210 g/mol. The Morgan fingerprint density at radius 3 is 1.80 bits per heavy atom. The zero-order valence-corrected chi connectivity index (χ0v) is 10.1. The largest absolute Gasteiger partial charge is 0.516 e. The molecule has 0 aromatic heterocycles. The van der Waals surface area contributed by atoms with Gasteiger partial charge in [0.05, 0.1) is 6.26 Å². The Kier molecular flexibility index (Phi) is 12.6. The van der Waals surface area contributed by atoms with E-state index in [1.54, 1.807) is 0 Å². The van der Waals surface area contributed by atoms with Crippen LogP contribution >= 0.6 is 0 Å². The van der Waals surface area contributed by atoms with E-state index in [1.165, 1.54) is 51.4 Å². The van der Waals surface area contributed by atoms with Crippen LogP contribution in [0.4, 0.5) is 0 Å². The summed E-state index contributed by atoms with van der Waals surface area (Å²) in [4.78, 5) is 0. The highest BCUT2D eigenvalue weighted by Crippen LogP contribution is 2.05. The van der Waals surface area contributed by atoms with Crippen LogP contribution in [0.5, 0.6) is 0 Å². The highest BCUT2D eigenvalue weighted by Gasteiger charge is 1.86. The molecule has 0 spiro atoms. The predicted octanol–water partition coefficient (Wildman–Crippen LogP) is 5.15. The van der Waals surface area contributed by atoms with Crippen LogP contribution in [0.1, 0.15) is 64.7 Å². The van der Waals surface area contributed by atoms with Gasteiger partial charge in [-0.05, 0) is 38.5 Å². The van der Waals surface area contributed by atoms with Crippen molar-refractivity contribution >= 4 is 0 Å². The van der Waals surface area contributed by atoms with E-state index in [0.717, 1.165) is 12.7 Å². The summed E-state index contributed by atoms with van der Waals surface area (Å²) in [5.41, 5.74) is 0. The number of hydrogen-bond donors (Lipinski definition) is 1. The molecule has 0 amide bonds. The first kappa shape index (κ1) is 14.3. The standard InChI is InChI=1S/C14H26O/c1-2-3-4-5-6-7-8-9-10-11-12-13-14-15/h6-7,13-15H,2-5,8-12H2,1H3/b7-6-,14-13-. The highest BCUT2D eigenvalue weighted by molar-refractivity contribution is 4.81. The second kappa shape index (κ2) is 13.3. The molecule has 0 aromatic rings. The lowest BCUT2D eigenvalue weighted by Crippen LogP contribution is -1.75. The molecule has 0 rings (SSSR count). The summed E-state index contributed by atoms with van der Waals surface area (Å²) in [5, 5.41) is 8.42. The third-order valence-corrected chi connectivity index (χ3v) is 2.49. The van der Waals surface area contributed by atoms with Crippen molar-refractivity contribution in [1.29, 1.82) is 0 Å². The van der Waals surface area contributed by atoms with Gasteiger partial charge < -0.3 is 5.11 Å². The van der Waals surface area contributed by atoms with Crippen LogP contribution in [-0.2, 0) is 0 Å². The van der Waals surface area contributed by atoms with Crippen molar-refractivity contribution in [3.8, 4) is 0 Å². The van der Waals surface area contributed by atoms with Gasteiger partial charge in [0, 0.05) is 0 Å². The minimum atomic E-state index is 1.01. The summed E-state index contributed by atoms with van der Waals surface area (Å²) in [7, 11) is 0. The maximum atomic E-state index is 8.42. The molecule has 1 nitrogen and oxygen atoms in total. The predicted molar refractivity (Wildman–Crippen MR) is 68.1 cm³/mol. The van der Waals surface area contributed by atoms with Gasteiger partial charge in [-0.2, -0.15) is 0 Å². The fraction of sp³-hybridized carbons (Fsp3) is 0.714. The van der Waals surface area contributed by atoms with E-state index < -0.39 is 0 Å². The fourth-order valence-corrected chi connectivity index (χ4v) is 1.52. The van der Waals surface area contributed by atoms with Crippen LogP contribution in [0.3, 0.4) is 0 Å². The second-order valence-electron chi connectivity index (χ2n) is 3.99. The molecular formula is C14H26O. The fourth-order valence-electron chi connectivity index (χ4n) is 1.52. The van der Waals surface area contributed by atoms with Gasteiger partial charge in [0.15, 0.2) is 0 Å². The van der Waals surface area contributed by atoms with Crippen molar-refractivity contribution < 1.29 is 5.11 Å². The second-order valence-corrected chi connectivity index (χ2v) is 3.99. The van der Waals surface area contributed by atoms with Crippen molar-refractivity contribution in [2.45, 2.75) is 64.7 Å². The van der Waals surface area contributed by atoms with Crippen molar-refractivity contribution in [2.75, 3.05) is 0 Å². The normalized spacial score (nSPS) is 11.8. The van der Waals surface area contributed by atoms with E-state index in [1.807, 2.05) is 6.08 Å². The molecule has 0 atom stereocenters. The lowest BCUT2D eigenvalue weighted by molar-refractivity contribution is 0.469. The molecule has 0 saturated heterocycles. The topological polar surface area (TPSA) is 20.2 Å². The summed E-state index contributed by atoms with van der Waals surface area (Å²) in [6.07, 6.45) is 18.8. The van der Waals surface area contributed by atoms with Gasteiger partial charge in [-0.25, -0.2) is 0 Å². The molecule has 0 aliphatic carbocycles. The lowest BCUT2D eigenvalue weighted by Gasteiger charge is -1.95. The Morgan fingerprint density at radius 1 is 0.733 bits per heavy atom. The number of unbranched alkanes of at least 4 members (excludes halogenated alkanes) is 7. The number of allylic oxidation sites excluding steroid dienone is 3. The third kappa shape index (κ3) is 13.3. The molecule has 0 aliphatic rings. The Balaban J connectivity index is 3.02. The number of aliphatic hydroxyl groups excluding tert-OH is 1. The average molecular weight is 210 g/mol. The van der Waals surface area contributed by atoms with Gasteiger partial charge in [-0.3, -0.25) is 0 Å². The van der Waals surface area contributed by atoms with E-state index in [0.29, 0.717) is 0 Å². The first-order valence-electron chi connectivity index (χ1n) is 6.36. The van der Waals surface area contributed by atoms with Gasteiger partial charge >= 0.3 is 0 Å². The molecule has 0 unspecified atom stereocenters. The molecule has 0 aliphatic heterocycles. The number of rotatable bonds is 10. The molecule has 0 radical (unpaired) electrons. The molecule has 1 N–H and O–H groups in total. The van der Waals surface area contributed by atoms with E-state index >= 15 is 0 Å². The maximum Gasteiger partial charge on any atom is 0.0751 e. The molecule has 0 fully saturated rings. The van der Waals surface area contributed by atoms with Crippen LogP contribution in [0, 0.1) is 0 Å². The van der Waals surface area contributed by atoms with E-state index in [4.69, 9.17) is 5.11 Å². The first-order chi connectivity index (χ1) is 7.41. The summed E-state index contributed by atoms with van der Waals surface area (Å²) in [6, 6.07) is 0. The zero-order chi connectivity index (χ0) is 11.2. The Bertz CT molecular complexity index is 159. The highest BCUT2D eigenvalue weighted by atomic mass is 16.2. The van der Waals surface area contributed by atoms with Crippen molar-refractivity contribution in [3.63, 3.8) is 0 Å². The maximum absolute atomic E-state index is 8.42. The molecule has 0 bridgehead atoms. The van der Waals surface area contributed by atoms with Crippen LogP contribution < -0.4 is 0 Å². The van der Waals surface area contributed by atoms with E-state index in [-0.39, 0.29) is 0 Å². The number of aliphatic hydroxyl groups is 1. The van der Waals surface area contributed by atoms with Crippen LogP contribution in [0.25, 0.3) is 0 Å². The van der Waals surface area contributed by atoms with Crippen LogP contribution in [-0.4, -0.2) is 5.11 Å². The van der Waals surface area contributed by atoms with Gasteiger partial charge in [-0.1, -0.05) is 44.4 Å². The van der Waals surface area contributed by atoms with Gasteiger partial charge in [0.2, 0.25) is 0 Å². The molecule has 1 heteroatoms. The number of hydrogen-bond acceptors (Lipinski definition) is 1. The summed E-state index contributed by atoms with van der Waals surface area (Å²) in [6.45, 7) is 2.24. The van der Waals surface area contributed by atoms with Gasteiger partial charge in [-0.15, -0.1) is 0 Å². The third-order valence-electron chi connectivity index (χ3n) is 2.49. The van der Waals surface area contributed by atoms with Gasteiger partial charge in [0.25, 0.3) is 0 Å². The van der Waals surface area contributed by atoms with Crippen molar-refractivity contribution in [1.82, 2.24) is 0 Å². The van der Waals surface area contributed by atoms with Crippen LogP contribution in [0.15, 0.2) is 24.5 Å². The SMILES string of the molecule is CCCCC/C=C\CCCCC/C=C\O. The van der Waals surface area contributed by atoms with Gasteiger partial charge in [0.1, 0.15) is 0 Å². The van der Waals surface area contributed by atoms with E-state index in [9.17, 15) is 0 Å². The summed E-state index contributed by atoms with van der Waals surface area (Å²) >= 11 is 0. The molecule has 0 saturated carbocycles.